The van der Waals surface area contributed by atoms with Crippen LogP contribution >= 0.6 is 0 Å². The van der Waals surface area contributed by atoms with Crippen molar-refractivity contribution in [2.24, 2.45) is 0 Å². The maximum Gasteiger partial charge on any atom is 0.329 e. The number of rotatable bonds is 2. The molecule has 8 heteroatoms. The molecule has 2 rings (SSSR count). The Labute approximate surface area is 108 Å². The summed E-state index contributed by atoms with van der Waals surface area (Å²) in [4.78, 5) is 25.8. The Hall–Kier alpha value is -1.93. The molecule has 0 bridgehead atoms. The van der Waals surface area contributed by atoms with Crippen molar-refractivity contribution in [3.8, 4) is 0 Å². The molecule has 0 aliphatic heterocycles. The first kappa shape index (κ1) is 13.5. The summed E-state index contributed by atoms with van der Waals surface area (Å²) in [6.07, 6.45) is 0. The van der Waals surface area contributed by atoms with Crippen molar-refractivity contribution in [1.29, 1.82) is 0 Å². The van der Waals surface area contributed by atoms with Crippen LogP contribution in [0.3, 0.4) is 0 Å². The first-order valence-electron chi connectivity index (χ1n) is 5.48. The fraction of sp³-hybridized carbons (Fsp3) is 0.273. The summed E-state index contributed by atoms with van der Waals surface area (Å²) in [5.74, 6) is 0. The molecule has 0 unspecified atom stereocenters. The van der Waals surface area contributed by atoms with Gasteiger partial charge in [-0.1, -0.05) is 6.07 Å². The number of benzene rings is 1. The Morgan fingerprint density at radius 2 is 1.89 bits per heavy atom. The minimum atomic E-state index is -4.51. The van der Waals surface area contributed by atoms with Gasteiger partial charge in [0.05, 0.1) is 10.9 Å². The largest absolute Gasteiger partial charge is 0.329 e. The second-order valence-electron chi connectivity index (χ2n) is 4.35. The standard InChI is InChI=1S/C11H12N2O5S/c1-6(2)13-10(14)7-4-3-5-8(19(16,17)18)9(7)12-11(13)15/h3-6H,1-2H3,(H,12,15)(H,16,17,18). The van der Waals surface area contributed by atoms with E-state index in [0.717, 1.165) is 10.6 Å². The van der Waals surface area contributed by atoms with E-state index < -0.39 is 26.3 Å². The third-order valence-corrected chi connectivity index (χ3v) is 3.62. The lowest BCUT2D eigenvalue weighted by molar-refractivity contribution is 0.484. The van der Waals surface area contributed by atoms with Gasteiger partial charge < -0.3 is 4.98 Å². The topological polar surface area (TPSA) is 109 Å². The van der Waals surface area contributed by atoms with Gasteiger partial charge in [-0.15, -0.1) is 0 Å². The third kappa shape index (κ3) is 2.20. The lowest BCUT2D eigenvalue weighted by atomic mass is 10.2. The Kier molecular flexibility index (Phi) is 3.07. The molecule has 1 heterocycles. The molecule has 102 valence electrons. The fourth-order valence-electron chi connectivity index (χ4n) is 1.91. The molecule has 0 saturated carbocycles. The van der Waals surface area contributed by atoms with Gasteiger partial charge in [-0.05, 0) is 26.0 Å². The molecule has 0 saturated heterocycles. The van der Waals surface area contributed by atoms with E-state index in [-0.39, 0.29) is 16.9 Å². The van der Waals surface area contributed by atoms with Crippen LogP contribution in [0.2, 0.25) is 0 Å². The first-order valence-corrected chi connectivity index (χ1v) is 6.92. The molecule has 0 aliphatic rings. The molecule has 1 aromatic heterocycles. The lowest BCUT2D eigenvalue weighted by Crippen LogP contribution is -2.36. The van der Waals surface area contributed by atoms with Crippen LogP contribution in [0.25, 0.3) is 10.9 Å². The average Bonchev–Trinajstić information content (AvgIpc) is 2.26. The van der Waals surface area contributed by atoms with Gasteiger partial charge in [0.25, 0.3) is 15.7 Å². The van der Waals surface area contributed by atoms with Crippen molar-refractivity contribution < 1.29 is 13.0 Å². The predicted octanol–water partition coefficient (Wildman–Crippen LogP) is 0.517. The summed E-state index contributed by atoms with van der Waals surface area (Å²) in [6, 6.07) is 3.47. The van der Waals surface area contributed by atoms with Crippen molar-refractivity contribution in [2.75, 3.05) is 0 Å². The molecule has 2 N–H and O–H groups in total. The Morgan fingerprint density at radius 3 is 2.42 bits per heavy atom. The molecule has 0 spiro atoms. The highest BCUT2D eigenvalue weighted by Gasteiger charge is 2.18. The molecular formula is C11H12N2O5S. The van der Waals surface area contributed by atoms with Gasteiger partial charge in [0, 0.05) is 6.04 Å². The molecule has 19 heavy (non-hydrogen) atoms. The lowest BCUT2D eigenvalue weighted by Gasteiger charge is -2.10. The van der Waals surface area contributed by atoms with Crippen LogP contribution < -0.4 is 11.2 Å². The molecule has 0 radical (unpaired) electrons. The summed E-state index contributed by atoms with van der Waals surface area (Å²) in [5.41, 5.74) is -1.50. The van der Waals surface area contributed by atoms with Gasteiger partial charge in [-0.2, -0.15) is 8.42 Å². The molecule has 7 nitrogen and oxygen atoms in total. The number of hydrogen-bond acceptors (Lipinski definition) is 4. The van der Waals surface area contributed by atoms with Gasteiger partial charge in [0.1, 0.15) is 4.90 Å². The highest BCUT2D eigenvalue weighted by molar-refractivity contribution is 7.86. The number of H-pyrrole nitrogens is 1. The predicted molar refractivity (Wildman–Crippen MR) is 69.0 cm³/mol. The third-order valence-electron chi connectivity index (χ3n) is 2.72. The zero-order chi connectivity index (χ0) is 14.4. The van der Waals surface area contributed by atoms with Crippen molar-refractivity contribution in [3.63, 3.8) is 0 Å². The molecule has 0 aliphatic carbocycles. The van der Waals surface area contributed by atoms with Gasteiger partial charge in [-0.25, -0.2) is 4.79 Å². The zero-order valence-corrected chi connectivity index (χ0v) is 11.1. The second-order valence-corrected chi connectivity index (χ2v) is 5.74. The van der Waals surface area contributed by atoms with Crippen molar-refractivity contribution in [3.05, 3.63) is 39.0 Å². The van der Waals surface area contributed by atoms with E-state index in [0.29, 0.717) is 0 Å². The van der Waals surface area contributed by atoms with Crippen molar-refractivity contribution in [1.82, 2.24) is 9.55 Å². The summed E-state index contributed by atoms with van der Waals surface area (Å²) in [6.45, 7) is 3.32. The van der Waals surface area contributed by atoms with Crippen molar-refractivity contribution in [2.45, 2.75) is 24.8 Å². The zero-order valence-electron chi connectivity index (χ0n) is 10.2. The van der Waals surface area contributed by atoms with Gasteiger partial charge >= 0.3 is 5.69 Å². The van der Waals surface area contributed by atoms with Gasteiger partial charge in [0.15, 0.2) is 0 Å². The number of hydrogen-bond donors (Lipinski definition) is 2. The summed E-state index contributed by atoms with van der Waals surface area (Å²) in [7, 11) is -4.51. The van der Waals surface area contributed by atoms with Crippen molar-refractivity contribution >= 4 is 21.0 Å². The monoisotopic (exact) mass is 284 g/mol. The van der Waals surface area contributed by atoms with E-state index in [1.54, 1.807) is 13.8 Å². The van der Waals surface area contributed by atoms with E-state index in [1.165, 1.54) is 12.1 Å². The molecule has 0 fully saturated rings. The highest BCUT2D eigenvalue weighted by atomic mass is 32.2. The summed E-state index contributed by atoms with van der Waals surface area (Å²) < 4.78 is 32.5. The molecule has 1 aromatic carbocycles. The summed E-state index contributed by atoms with van der Waals surface area (Å²) in [5, 5.41) is 0.0309. The number of fused-ring (bicyclic) bond motifs is 1. The van der Waals surface area contributed by atoms with E-state index in [4.69, 9.17) is 4.55 Å². The van der Waals surface area contributed by atoms with E-state index in [1.807, 2.05) is 0 Å². The quantitative estimate of drug-likeness (QED) is 0.781. The molecule has 0 atom stereocenters. The maximum absolute atomic E-state index is 12.1. The average molecular weight is 284 g/mol. The molecule has 2 aromatic rings. The van der Waals surface area contributed by atoms with Crippen LogP contribution in [-0.2, 0) is 10.1 Å². The van der Waals surface area contributed by atoms with Gasteiger partial charge in [-0.3, -0.25) is 13.9 Å². The number of aromatic nitrogens is 2. The minimum Gasteiger partial charge on any atom is -0.305 e. The number of para-hydroxylation sites is 1. The van der Waals surface area contributed by atoms with Crippen LogP contribution in [-0.4, -0.2) is 22.5 Å². The molecular weight excluding hydrogens is 272 g/mol. The van der Waals surface area contributed by atoms with Gasteiger partial charge in [0.2, 0.25) is 0 Å². The minimum absolute atomic E-state index is 0.0309. The van der Waals surface area contributed by atoms with Crippen LogP contribution in [0.1, 0.15) is 19.9 Å². The molecule has 0 amide bonds. The number of aromatic amines is 1. The smallest absolute Gasteiger partial charge is 0.305 e. The normalized spacial score (nSPS) is 12.2. The number of nitrogens with zero attached hydrogens (tertiary/aromatic N) is 1. The van der Waals surface area contributed by atoms with Crippen LogP contribution in [0.4, 0.5) is 0 Å². The number of nitrogens with one attached hydrogen (secondary N) is 1. The van der Waals surface area contributed by atoms with Crippen LogP contribution in [0.5, 0.6) is 0 Å². The van der Waals surface area contributed by atoms with E-state index in [2.05, 4.69) is 4.98 Å². The first-order chi connectivity index (χ1) is 8.73. The maximum atomic E-state index is 12.1. The fourth-order valence-corrected chi connectivity index (χ4v) is 2.58. The highest BCUT2D eigenvalue weighted by Crippen LogP contribution is 2.17. The Morgan fingerprint density at radius 1 is 1.26 bits per heavy atom. The van der Waals surface area contributed by atoms with Crippen LogP contribution in [0.15, 0.2) is 32.7 Å². The Bertz CT molecular complexity index is 861. The van der Waals surface area contributed by atoms with E-state index in [9.17, 15) is 18.0 Å². The summed E-state index contributed by atoms with van der Waals surface area (Å²) >= 11 is 0. The van der Waals surface area contributed by atoms with Crippen LogP contribution in [0, 0.1) is 0 Å². The van der Waals surface area contributed by atoms with E-state index >= 15 is 0 Å². The SMILES string of the molecule is CC(C)n1c(=O)[nH]c2c(S(=O)(=O)O)cccc2c1=O. The second kappa shape index (κ2) is 4.32. The Balaban J connectivity index is 3.06.